The summed E-state index contributed by atoms with van der Waals surface area (Å²) in [5, 5.41) is 12.8. The van der Waals surface area contributed by atoms with Gasteiger partial charge in [-0.2, -0.15) is 0 Å². The van der Waals surface area contributed by atoms with Crippen molar-refractivity contribution in [2.45, 2.75) is 31.1 Å². The molecule has 2 aliphatic rings. The molecule has 1 aliphatic heterocycles. The number of hydrogen-bond acceptors (Lipinski definition) is 5. The van der Waals surface area contributed by atoms with Crippen molar-refractivity contribution in [2.24, 2.45) is 0 Å². The predicted molar refractivity (Wildman–Crippen MR) is 107 cm³/mol. The number of ketones is 1. The lowest BCUT2D eigenvalue weighted by molar-refractivity contribution is -0.122. The van der Waals surface area contributed by atoms with Crippen LogP contribution in [0.1, 0.15) is 42.2 Å². The highest BCUT2D eigenvalue weighted by Gasteiger charge is 2.39. The lowest BCUT2D eigenvalue weighted by Gasteiger charge is -2.35. The standard InChI is InChI=1S/C23H23NO5/c1-28-16-6-7-21(29-2)17(11-16)14-9-19-23(20(26)10-14)18(12-22(27)24-19)13-4-3-5-15(25)8-13/h3-8,11,14,18,25H,9-10,12H2,1-2H3,(H,24,27)/t14-,18-/m1/s1. The number of rotatable bonds is 4. The number of nitrogens with one attached hydrogen (secondary N) is 1. The zero-order valence-corrected chi connectivity index (χ0v) is 16.4. The zero-order valence-electron chi connectivity index (χ0n) is 16.4. The highest BCUT2D eigenvalue weighted by molar-refractivity contribution is 6.02. The van der Waals surface area contributed by atoms with E-state index in [0.29, 0.717) is 35.6 Å². The van der Waals surface area contributed by atoms with E-state index >= 15 is 0 Å². The first kappa shape index (κ1) is 19.1. The van der Waals surface area contributed by atoms with E-state index in [1.165, 1.54) is 0 Å². The van der Waals surface area contributed by atoms with Crippen LogP contribution in [0.25, 0.3) is 0 Å². The Balaban J connectivity index is 1.74. The van der Waals surface area contributed by atoms with Crippen LogP contribution in [0.2, 0.25) is 0 Å². The second kappa shape index (κ2) is 7.62. The van der Waals surface area contributed by atoms with Gasteiger partial charge in [-0.05, 0) is 42.3 Å². The van der Waals surface area contributed by atoms with Crippen molar-refractivity contribution in [3.8, 4) is 17.2 Å². The normalized spacial score (nSPS) is 21.4. The Morgan fingerprint density at radius 1 is 1.00 bits per heavy atom. The van der Waals surface area contributed by atoms with Gasteiger partial charge in [0.15, 0.2) is 5.78 Å². The van der Waals surface area contributed by atoms with Gasteiger partial charge in [-0.3, -0.25) is 9.59 Å². The highest BCUT2D eigenvalue weighted by Crippen LogP contribution is 2.45. The van der Waals surface area contributed by atoms with E-state index in [4.69, 9.17) is 9.47 Å². The summed E-state index contributed by atoms with van der Waals surface area (Å²) in [4.78, 5) is 25.6. The molecule has 2 N–H and O–H groups in total. The molecule has 0 bridgehead atoms. The highest BCUT2D eigenvalue weighted by atomic mass is 16.5. The molecule has 0 fully saturated rings. The largest absolute Gasteiger partial charge is 0.508 e. The Morgan fingerprint density at radius 2 is 1.83 bits per heavy atom. The Bertz CT molecular complexity index is 1010. The minimum absolute atomic E-state index is 0.00876. The number of hydrogen-bond donors (Lipinski definition) is 2. The summed E-state index contributed by atoms with van der Waals surface area (Å²) in [6, 6.07) is 12.3. The molecule has 2 atom stereocenters. The van der Waals surface area contributed by atoms with Gasteiger partial charge in [0.05, 0.1) is 14.2 Å². The van der Waals surface area contributed by atoms with Crippen molar-refractivity contribution in [2.75, 3.05) is 14.2 Å². The van der Waals surface area contributed by atoms with E-state index < -0.39 is 0 Å². The monoisotopic (exact) mass is 393 g/mol. The molecule has 29 heavy (non-hydrogen) atoms. The Morgan fingerprint density at radius 3 is 2.55 bits per heavy atom. The molecule has 0 saturated heterocycles. The molecule has 0 aromatic heterocycles. The maximum absolute atomic E-state index is 13.2. The van der Waals surface area contributed by atoms with Gasteiger partial charge >= 0.3 is 0 Å². The van der Waals surface area contributed by atoms with Crippen LogP contribution >= 0.6 is 0 Å². The zero-order chi connectivity index (χ0) is 20.5. The third kappa shape index (κ3) is 3.58. The Labute approximate surface area is 169 Å². The maximum atomic E-state index is 13.2. The van der Waals surface area contributed by atoms with E-state index in [9.17, 15) is 14.7 Å². The summed E-state index contributed by atoms with van der Waals surface area (Å²) >= 11 is 0. The molecule has 2 aromatic carbocycles. The topological polar surface area (TPSA) is 84.9 Å². The molecule has 4 rings (SSSR count). The maximum Gasteiger partial charge on any atom is 0.225 e. The van der Waals surface area contributed by atoms with Gasteiger partial charge in [0, 0.05) is 41.5 Å². The van der Waals surface area contributed by atoms with E-state index in [2.05, 4.69) is 5.32 Å². The summed E-state index contributed by atoms with van der Waals surface area (Å²) in [5.74, 6) is 0.939. The summed E-state index contributed by atoms with van der Waals surface area (Å²) in [7, 11) is 3.19. The molecule has 0 unspecified atom stereocenters. The molecule has 150 valence electrons. The first-order chi connectivity index (χ1) is 14.0. The molecule has 1 heterocycles. The van der Waals surface area contributed by atoms with Crippen LogP contribution in [0.5, 0.6) is 17.2 Å². The molecule has 0 radical (unpaired) electrons. The number of allylic oxidation sites excluding steroid dienone is 2. The number of benzene rings is 2. The molecular weight excluding hydrogens is 370 g/mol. The van der Waals surface area contributed by atoms with Crippen LogP contribution in [0, 0.1) is 0 Å². The SMILES string of the molecule is COc1ccc(OC)c([C@H]2CC(=O)C3=C(C2)NC(=O)C[C@@H]3c2cccc(O)c2)c1. The molecular formula is C23H23NO5. The summed E-state index contributed by atoms with van der Waals surface area (Å²) in [5.41, 5.74) is 2.98. The van der Waals surface area contributed by atoms with Crippen LogP contribution in [0.3, 0.4) is 0 Å². The van der Waals surface area contributed by atoms with E-state index in [0.717, 1.165) is 11.1 Å². The summed E-state index contributed by atoms with van der Waals surface area (Å²) in [6.07, 6.45) is 1.06. The number of phenols is 1. The van der Waals surface area contributed by atoms with Crippen LogP contribution in [0.15, 0.2) is 53.7 Å². The second-order valence-corrected chi connectivity index (χ2v) is 7.43. The smallest absolute Gasteiger partial charge is 0.225 e. The Hall–Kier alpha value is -3.28. The number of ether oxygens (including phenoxy) is 2. The van der Waals surface area contributed by atoms with Crippen molar-refractivity contribution in [3.05, 3.63) is 64.9 Å². The minimum Gasteiger partial charge on any atom is -0.508 e. The fraction of sp³-hybridized carbons (Fsp3) is 0.304. The predicted octanol–water partition coefficient (Wildman–Crippen LogP) is 3.41. The molecule has 1 aliphatic carbocycles. The minimum atomic E-state index is -0.341. The number of Topliss-reactive ketones (excluding diaryl/α,β-unsaturated/α-hetero) is 1. The molecule has 2 aromatic rings. The molecule has 1 amide bonds. The van der Waals surface area contributed by atoms with Gasteiger partial charge in [-0.1, -0.05) is 12.1 Å². The lowest BCUT2D eigenvalue weighted by Crippen LogP contribution is -2.38. The third-order valence-corrected chi connectivity index (χ3v) is 5.69. The number of amides is 1. The summed E-state index contributed by atoms with van der Waals surface area (Å²) in [6.45, 7) is 0. The van der Waals surface area contributed by atoms with Crippen molar-refractivity contribution in [1.82, 2.24) is 5.32 Å². The van der Waals surface area contributed by atoms with E-state index in [1.54, 1.807) is 32.4 Å². The van der Waals surface area contributed by atoms with Gasteiger partial charge < -0.3 is 19.9 Å². The molecule has 6 nitrogen and oxygen atoms in total. The fourth-order valence-corrected chi connectivity index (χ4v) is 4.36. The van der Waals surface area contributed by atoms with E-state index in [-0.39, 0.29) is 35.7 Å². The molecule has 6 heteroatoms. The van der Waals surface area contributed by atoms with Gasteiger partial charge in [-0.15, -0.1) is 0 Å². The van der Waals surface area contributed by atoms with Crippen molar-refractivity contribution >= 4 is 11.7 Å². The van der Waals surface area contributed by atoms with Gasteiger partial charge in [0.1, 0.15) is 17.2 Å². The number of carbonyl (C=O) groups is 2. The van der Waals surface area contributed by atoms with Crippen molar-refractivity contribution in [1.29, 1.82) is 0 Å². The first-order valence-corrected chi connectivity index (χ1v) is 9.57. The van der Waals surface area contributed by atoms with Gasteiger partial charge in [0.25, 0.3) is 0 Å². The van der Waals surface area contributed by atoms with Crippen LogP contribution < -0.4 is 14.8 Å². The quantitative estimate of drug-likeness (QED) is 0.832. The van der Waals surface area contributed by atoms with E-state index in [1.807, 2.05) is 24.3 Å². The lowest BCUT2D eigenvalue weighted by atomic mass is 9.73. The Kier molecular flexibility index (Phi) is 5.01. The summed E-state index contributed by atoms with van der Waals surface area (Å²) < 4.78 is 10.8. The van der Waals surface area contributed by atoms with Crippen LogP contribution in [-0.2, 0) is 9.59 Å². The number of methoxy groups -OCH3 is 2. The van der Waals surface area contributed by atoms with Crippen molar-refractivity contribution in [3.63, 3.8) is 0 Å². The average molecular weight is 393 g/mol. The first-order valence-electron chi connectivity index (χ1n) is 9.57. The second-order valence-electron chi connectivity index (χ2n) is 7.43. The van der Waals surface area contributed by atoms with Crippen molar-refractivity contribution < 1.29 is 24.2 Å². The molecule has 0 saturated carbocycles. The number of aromatic hydroxyl groups is 1. The fourth-order valence-electron chi connectivity index (χ4n) is 4.36. The molecule has 0 spiro atoms. The van der Waals surface area contributed by atoms with Gasteiger partial charge in [0.2, 0.25) is 5.91 Å². The van der Waals surface area contributed by atoms with Crippen LogP contribution in [-0.4, -0.2) is 31.0 Å². The number of phenolic OH excluding ortho intramolecular Hbond substituents is 1. The average Bonchev–Trinajstić information content (AvgIpc) is 2.72. The van der Waals surface area contributed by atoms with Gasteiger partial charge in [-0.25, -0.2) is 0 Å². The number of carbonyl (C=O) groups excluding carboxylic acids is 2. The third-order valence-electron chi connectivity index (χ3n) is 5.69. The van der Waals surface area contributed by atoms with Crippen LogP contribution in [0.4, 0.5) is 0 Å².